The largest absolute Gasteiger partial charge is 0.351 e. The van der Waals surface area contributed by atoms with Crippen LogP contribution in [0.5, 0.6) is 0 Å². The number of hydrogen-bond acceptors (Lipinski definition) is 5. The average Bonchev–Trinajstić information content (AvgIpc) is 2.70. The Hall–Kier alpha value is -3.02. The van der Waals surface area contributed by atoms with Crippen molar-refractivity contribution in [1.29, 1.82) is 0 Å². The van der Waals surface area contributed by atoms with E-state index in [0.29, 0.717) is 23.2 Å². The summed E-state index contributed by atoms with van der Waals surface area (Å²) in [5.41, 5.74) is 1.87. The second-order valence-corrected chi connectivity index (χ2v) is 6.61. The van der Waals surface area contributed by atoms with E-state index in [0.717, 1.165) is 23.7 Å². The monoisotopic (exact) mass is 347 g/mol. The molecule has 2 N–H and O–H groups in total. The molecule has 2 aromatic heterocycles. The first-order valence-electron chi connectivity index (χ1n) is 9.03. The Bertz CT molecular complexity index is 898. The Morgan fingerprint density at radius 1 is 0.962 bits per heavy atom. The van der Waals surface area contributed by atoms with Crippen LogP contribution in [0.2, 0.25) is 0 Å². The van der Waals surface area contributed by atoms with Gasteiger partial charge in [0, 0.05) is 30.0 Å². The molecular weight excluding hydrogens is 326 g/mol. The Morgan fingerprint density at radius 2 is 1.73 bits per heavy atom. The molecule has 0 spiro atoms. The van der Waals surface area contributed by atoms with Crippen molar-refractivity contribution >= 4 is 28.4 Å². The van der Waals surface area contributed by atoms with Crippen LogP contribution in [0.1, 0.15) is 42.5 Å². The minimum absolute atomic E-state index is 0.243. The second kappa shape index (κ2) is 7.47. The van der Waals surface area contributed by atoms with E-state index in [4.69, 9.17) is 0 Å². The van der Waals surface area contributed by atoms with E-state index in [9.17, 15) is 4.79 Å². The molecule has 0 radical (unpaired) electrons. The molecule has 3 aromatic rings. The van der Waals surface area contributed by atoms with Crippen molar-refractivity contribution in [3.05, 3.63) is 54.5 Å². The SMILES string of the molecule is O=C(Nc1cccc2cccnc12)c1cnc(NC2CCCCC2)nc1. The number of benzene rings is 1. The van der Waals surface area contributed by atoms with Gasteiger partial charge in [0.2, 0.25) is 5.95 Å². The van der Waals surface area contributed by atoms with E-state index in [1.807, 2.05) is 30.3 Å². The van der Waals surface area contributed by atoms with E-state index in [1.165, 1.54) is 19.3 Å². The molecule has 1 aliphatic carbocycles. The summed E-state index contributed by atoms with van der Waals surface area (Å²) in [5.74, 6) is 0.340. The van der Waals surface area contributed by atoms with Gasteiger partial charge >= 0.3 is 0 Å². The van der Waals surface area contributed by atoms with Gasteiger partial charge in [-0.25, -0.2) is 9.97 Å². The highest BCUT2D eigenvalue weighted by molar-refractivity contribution is 6.08. The van der Waals surface area contributed by atoms with Gasteiger partial charge in [-0.15, -0.1) is 0 Å². The lowest BCUT2D eigenvalue weighted by Gasteiger charge is -2.22. The van der Waals surface area contributed by atoms with Crippen LogP contribution < -0.4 is 10.6 Å². The molecule has 0 unspecified atom stereocenters. The van der Waals surface area contributed by atoms with Crippen LogP contribution in [0, 0.1) is 0 Å². The number of nitrogens with zero attached hydrogens (tertiary/aromatic N) is 3. The first-order valence-corrected chi connectivity index (χ1v) is 9.03. The van der Waals surface area contributed by atoms with E-state index in [2.05, 4.69) is 25.6 Å². The molecule has 1 amide bonds. The summed E-state index contributed by atoms with van der Waals surface area (Å²) in [6.45, 7) is 0. The number of pyridine rings is 1. The topological polar surface area (TPSA) is 79.8 Å². The number of rotatable bonds is 4. The van der Waals surface area contributed by atoms with E-state index < -0.39 is 0 Å². The van der Waals surface area contributed by atoms with Gasteiger partial charge in [-0.3, -0.25) is 9.78 Å². The highest BCUT2D eigenvalue weighted by Crippen LogP contribution is 2.22. The molecule has 26 heavy (non-hydrogen) atoms. The zero-order chi connectivity index (χ0) is 17.8. The molecular formula is C20H21N5O. The quantitative estimate of drug-likeness (QED) is 0.745. The Morgan fingerprint density at radius 3 is 2.54 bits per heavy atom. The fourth-order valence-electron chi connectivity index (χ4n) is 3.35. The van der Waals surface area contributed by atoms with Gasteiger partial charge in [-0.05, 0) is 25.0 Å². The molecule has 132 valence electrons. The molecule has 4 rings (SSSR count). The van der Waals surface area contributed by atoms with E-state index in [-0.39, 0.29) is 5.91 Å². The first kappa shape index (κ1) is 16.4. The number of hydrogen-bond donors (Lipinski definition) is 2. The van der Waals surface area contributed by atoms with Crippen LogP contribution in [0.3, 0.4) is 0 Å². The van der Waals surface area contributed by atoms with Crippen molar-refractivity contribution in [3.8, 4) is 0 Å². The van der Waals surface area contributed by atoms with Gasteiger partial charge in [0.25, 0.3) is 5.91 Å². The number of amides is 1. The fraction of sp³-hybridized carbons (Fsp3) is 0.300. The van der Waals surface area contributed by atoms with Crippen LogP contribution >= 0.6 is 0 Å². The van der Waals surface area contributed by atoms with Gasteiger partial charge in [-0.2, -0.15) is 0 Å². The number of anilines is 2. The molecule has 6 nitrogen and oxygen atoms in total. The van der Waals surface area contributed by atoms with Crippen LogP contribution in [0.15, 0.2) is 48.9 Å². The number of carbonyl (C=O) groups is 1. The normalized spacial score (nSPS) is 14.9. The molecule has 6 heteroatoms. The molecule has 1 aromatic carbocycles. The van der Waals surface area contributed by atoms with Gasteiger partial charge in [0.1, 0.15) is 0 Å². The van der Waals surface area contributed by atoms with Crippen molar-refractivity contribution < 1.29 is 4.79 Å². The summed E-state index contributed by atoms with van der Waals surface area (Å²) >= 11 is 0. The summed E-state index contributed by atoms with van der Waals surface area (Å²) in [6.07, 6.45) is 10.9. The molecule has 2 heterocycles. The third kappa shape index (κ3) is 3.64. The van der Waals surface area contributed by atoms with Crippen LogP contribution in [-0.2, 0) is 0 Å². The smallest absolute Gasteiger partial charge is 0.258 e. The summed E-state index contributed by atoms with van der Waals surface area (Å²) in [7, 11) is 0. The number of aromatic nitrogens is 3. The number of nitrogens with one attached hydrogen (secondary N) is 2. The summed E-state index contributed by atoms with van der Waals surface area (Å²) in [4.78, 5) is 25.5. The Kier molecular flexibility index (Phi) is 4.73. The van der Waals surface area contributed by atoms with Crippen LogP contribution in [0.4, 0.5) is 11.6 Å². The highest BCUT2D eigenvalue weighted by Gasteiger charge is 2.15. The molecule has 0 aliphatic heterocycles. The van der Waals surface area contributed by atoms with Crippen molar-refractivity contribution in [3.63, 3.8) is 0 Å². The van der Waals surface area contributed by atoms with Crippen LogP contribution in [0.25, 0.3) is 10.9 Å². The van der Waals surface area contributed by atoms with Crippen molar-refractivity contribution in [2.45, 2.75) is 38.1 Å². The fourth-order valence-corrected chi connectivity index (χ4v) is 3.35. The van der Waals surface area contributed by atoms with Crippen molar-refractivity contribution in [1.82, 2.24) is 15.0 Å². The summed E-state index contributed by atoms with van der Waals surface area (Å²) in [5, 5.41) is 7.24. The van der Waals surface area contributed by atoms with E-state index in [1.54, 1.807) is 18.6 Å². The maximum Gasteiger partial charge on any atom is 0.258 e. The Balaban J connectivity index is 1.46. The third-order valence-electron chi connectivity index (χ3n) is 4.73. The lowest BCUT2D eigenvalue weighted by Crippen LogP contribution is -2.23. The van der Waals surface area contributed by atoms with Crippen molar-refractivity contribution in [2.75, 3.05) is 10.6 Å². The molecule has 1 saturated carbocycles. The Labute approximate surface area is 152 Å². The minimum Gasteiger partial charge on any atom is -0.351 e. The second-order valence-electron chi connectivity index (χ2n) is 6.61. The molecule has 1 aliphatic rings. The van der Waals surface area contributed by atoms with E-state index >= 15 is 0 Å². The standard InChI is InChI=1S/C20H21N5O/c26-19(25-17-10-4-6-14-7-5-11-21-18(14)17)15-12-22-20(23-13-15)24-16-8-2-1-3-9-16/h4-7,10-13,16H,1-3,8-9H2,(H,25,26)(H,22,23,24). The van der Waals surface area contributed by atoms with Gasteiger partial charge in [-0.1, -0.05) is 37.5 Å². The zero-order valence-electron chi connectivity index (χ0n) is 14.5. The van der Waals surface area contributed by atoms with Gasteiger partial charge < -0.3 is 10.6 Å². The number of carbonyl (C=O) groups excluding carboxylic acids is 1. The maximum absolute atomic E-state index is 12.5. The van der Waals surface area contributed by atoms with Gasteiger partial charge in [0.15, 0.2) is 0 Å². The number of fused-ring (bicyclic) bond motifs is 1. The molecule has 1 fully saturated rings. The summed E-state index contributed by atoms with van der Waals surface area (Å²) in [6, 6.07) is 9.98. The highest BCUT2D eigenvalue weighted by atomic mass is 16.1. The predicted molar refractivity (Wildman–Crippen MR) is 102 cm³/mol. The lowest BCUT2D eigenvalue weighted by molar-refractivity contribution is 0.102. The number of para-hydroxylation sites is 1. The molecule has 0 saturated heterocycles. The lowest BCUT2D eigenvalue weighted by atomic mass is 9.96. The first-order chi connectivity index (χ1) is 12.8. The zero-order valence-corrected chi connectivity index (χ0v) is 14.5. The molecule has 0 bridgehead atoms. The summed E-state index contributed by atoms with van der Waals surface area (Å²) < 4.78 is 0. The van der Waals surface area contributed by atoms with Crippen LogP contribution in [-0.4, -0.2) is 26.9 Å². The van der Waals surface area contributed by atoms with Gasteiger partial charge in [0.05, 0.1) is 16.8 Å². The molecule has 0 atom stereocenters. The average molecular weight is 347 g/mol. The third-order valence-corrected chi connectivity index (χ3v) is 4.73. The maximum atomic E-state index is 12.5. The minimum atomic E-state index is -0.243. The van der Waals surface area contributed by atoms with Crippen molar-refractivity contribution in [2.24, 2.45) is 0 Å². The predicted octanol–water partition coefficient (Wildman–Crippen LogP) is 4.02.